The molecule has 0 aliphatic rings. The minimum Gasteiger partial charge on any atom is -0.457 e. The van der Waals surface area contributed by atoms with Crippen LogP contribution in [0.25, 0.3) is 29.6 Å². The number of benzene rings is 7. The number of hydrogen-bond donors (Lipinski definition) is 3. The van der Waals surface area contributed by atoms with E-state index < -0.39 is 41.3 Å². The van der Waals surface area contributed by atoms with Gasteiger partial charge in [0.25, 0.3) is 11.8 Å². The maximum atomic E-state index is 13.5. The van der Waals surface area contributed by atoms with Crippen molar-refractivity contribution in [2.75, 3.05) is 0 Å². The van der Waals surface area contributed by atoms with Gasteiger partial charge in [-0.05, 0) is 162 Å². The van der Waals surface area contributed by atoms with E-state index in [1.165, 1.54) is 42.5 Å². The maximum Gasteiger partial charge on any atom is 0.263 e. The predicted octanol–water partition coefficient (Wildman–Crippen LogP) is 15.3. The number of pyridine rings is 3. The lowest BCUT2D eigenvalue weighted by Crippen LogP contribution is -2.28. The summed E-state index contributed by atoms with van der Waals surface area (Å²) in [6.45, 7) is 6.64. The Morgan fingerprint density at radius 2 is 0.885 bits per heavy atom. The van der Waals surface area contributed by atoms with E-state index >= 15 is 0 Å². The highest BCUT2D eigenvalue weighted by Gasteiger charge is 2.29. The minimum atomic E-state index is -4.08. The highest BCUT2D eigenvalue weighted by atomic mass is 35.5. The van der Waals surface area contributed by atoms with E-state index in [1.54, 1.807) is 183 Å². The second-order valence-corrected chi connectivity index (χ2v) is 27.1. The molecule has 0 fully saturated rings. The van der Waals surface area contributed by atoms with Gasteiger partial charge in [-0.25, -0.2) is 25.3 Å². The van der Waals surface area contributed by atoms with Crippen molar-refractivity contribution < 1.29 is 44.0 Å². The van der Waals surface area contributed by atoms with Crippen molar-refractivity contribution in [1.82, 2.24) is 30.9 Å². The molecule has 0 saturated carbocycles. The van der Waals surface area contributed by atoms with E-state index in [0.717, 1.165) is 27.8 Å². The molecule has 4 aromatic heterocycles. The molecule has 486 valence electrons. The van der Waals surface area contributed by atoms with Crippen molar-refractivity contribution in [1.29, 1.82) is 0 Å². The van der Waals surface area contributed by atoms with Crippen molar-refractivity contribution in [2.45, 2.75) is 48.7 Å². The lowest BCUT2D eigenvalue weighted by Gasteiger charge is -2.14. The Morgan fingerprint density at radius 3 is 1.34 bits per heavy atom. The van der Waals surface area contributed by atoms with Gasteiger partial charge in [-0.15, -0.1) is 0 Å². The highest BCUT2D eigenvalue weighted by molar-refractivity contribution is 7.97. The molecule has 96 heavy (non-hydrogen) atoms. The molecule has 0 unspecified atom stereocenters. The van der Waals surface area contributed by atoms with Crippen LogP contribution in [0, 0.1) is 6.92 Å². The summed E-state index contributed by atoms with van der Waals surface area (Å²) in [5.74, 6) is 0.791. The average molecular weight is 1360 g/mol. The first kappa shape index (κ1) is 70.8. The summed E-state index contributed by atoms with van der Waals surface area (Å²) in [4.78, 5) is 37.7. The number of carbonyl (C=O) groups excluding carboxylic acids is 2. The topological polar surface area (TPSA) is 234 Å². The van der Waals surface area contributed by atoms with Crippen molar-refractivity contribution >= 4 is 71.2 Å². The molecule has 2 amide bonds. The van der Waals surface area contributed by atoms with Gasteiger partial charge in [0, 0.05) is 79.2 Å². The first-order valence-electron chi connectivity index (χ1n) is 29.4. The van der Waals surface area contributed by atoms with Crippen molar-refractivity contribution in [3.8, 4) is 22.8 Å². The number of ether oxygens (including phenoxy) is 1. The van der Waals surface area contributed by atoms with E-state index in [0.29, 0.717) is 45.7 Å². The summed E-state index contributed by atoms with van der Waals surface area (Å²) in [7, 11) is -11.9. The third-order valence-corrected chi connectivity index (χ3v) is 19.5. The highest BCUT2D eigenvalue weighted by Crippen LogP contribution is 2.31. The number of aromatic nitrogens is 3. The monoisotopic (exact) mass is 1350 g/mol. The number of hydrogen-bond acceptors (Lipinski definition) is 14. The Bertz CT molecular complexity index is 4820. The summed E-state index contributed by atoms with van der Waals surface area (Å²) in [5.41, 5.74) is 5.72. The first-order chi connectivity index (χ1) is 45.9. The molecule has 0 spiro atoms. The molecule has 0 bridgehead atoms. The lowest BCUT2D eigenvalue weighted by molar-refractivity contribution is -0.117. The zero-order valence-electron chi connectivity index (χ0n) is 51.1. The fourth-order valence-electron chi connectivity index (χ4n) is 8.97. The van der Waals surface area contributed by atoms with E-state index in [2.05, 4.69) is 37.5 Å². The summed E-state index contributed by atoms with van der Waals surface area (Å²) in [5, 5.41) is 9.10. The van der Waals surface area contributed by atoms with E-state index in [4.69, 9.17) is 20.8 Å². The average Bonchev–Trinajstić information content (AvgIpc) is 0.969. The Balaban J connectivity index is 0.000000184. The van der Waals surface area contributed by atoms with Crippen molar-refractivity contribution in [2.24, 2.45) is 0 Å². The second-order valence-electron chi connectivity index (χ2n) is 20.9. The molecule has 16 nitrogen and oxygen atoms in total. The summed E-state index contributed by atoms with van der Waals surface area (Å²) in [6.07, 6.45) is 14.1. The molecule has 4 heterocycles. The zero-order valence-corrected chi connectivity index (χ0v) is 54.4. The van der Waals surface area contributed by atoms with Crippen LogP contribution in [0.2, 0.25) is 5.02 Å². The molecule has 11 aromatic rings. The van der Waals surface area contributed by atoms with Gasteiger partial charge in [-0.3, -0.25) is 24.5 Å². The molecule has 0 radical (unpaired) electrons. The Labute approximate surface area is 564 Å². The van der Waals surface area contributed by atoms with Gasteiger partial charge in [0.2, 0.25) is 29.5 Å². The number of halogens is 1. The Kier molecular flexibility index (Phi) is 25.2. The van der Waals surface area contributed by atoms with Crippen molar-refractivity contribution in [3.05, 3.63) is 351 Å². The third-order valence-electron chi connectivity index (χ3n) is 13.9. The van der Waals surface area contributed by atoms with Crippen LogP contribution in [0.3, 0.4) is 0 Å². The van der Waals surface area contributed by atoms with Gasteiger partial charge < -0.3 is 25.1 Å². The standard InChI is InChI=1S/C27H22N2O4S.C26H21ClN2O3S.C22H20N2O3S.CH4/c30-27(29-20-22-10-8-16-28-19-22)26(34(31,32)25-14-5-2-6-15-25)18-21-9-7-13-24(17-21)33-23-11-3-1-4-12-23;1-19(29-18-20-6-5-15-28-17-20)26(33(30,31)24-7-3-2-4-8-24)16-23-13-14-25(32-23)21-9-11-22(27)12-10-21;1-17-9-11-18(12-10-17)14-21(28(26,27)20-7-3-2-4-8-20)22(25)24-16-19-6-5-13-23-15-19;/h1-19H,20H2,(H,29,30);2-17,29H,1,18H2;2-15H,16H2,1H3,(H,24,25);1H4/b26-18+;26-16-;21-14+;. The summed E-state index contributed by atoms with van der Waals surface area (Å²) >= 11 is 5.96. The number of nitrogens with one attached hydrogen (secondary N) is 3. The molecule has 0 aliphatic heterocycles. The number of nitrogens with zero attached hydrogens (tertiary/aromatic N) is 3. The number of amides is 2. The fraction of sp³-hybridized carbons (Fsp3) is 0.0658. The van der Waals surface area contributed by atoms with Gasteiger partial charge >= 0.3 is 0 Å². The molecular formula is C76H67ClN6O10S3. The predicted molar refractivity (Wildman–Crippen MR) is 377 cm³/mol. The Hall–Kier alpha value is -11.1. The van der Waals surface area contributed by atoms with Gasteiger partial charge in [0.1, 0.15) is 32.8 Å². The number of aryl methyl sites for hydroxylation is 1. The molecule has 11 rings (SSSR count). The van der Waals surface area contributed by atoms with Crippen LogP contribution < -0.4 is 20.7 Å². The van der Waals surface area contributed by atoms with Crippen LogP contribution in [-0.4, -0.2) is 52.0 Å². The number of para-hydroxylation sites is 1. The molecule has 3 N–H and O–H groups in total. The van der Waals surface area contributed by atoms with Crippen LogP contribution in [0.15, 0.2) is 326 Å². The summed E-state index contributed by atoms with van der Waals surface area (Å²) < 4.78 is 91.7. The number of rotatable bonds is 22. The maximum absolute atomic E-state index is 13.5. The molecule has 7 aromatic carbocycles. The van der Waals surface area contributed by atoms with E-state index in [-0.39, 0.29) is 55.6 Å². The van der Waals surface area contributed by atoms with Crippen LogP contribution in [0.5, 0.6) is 11.5 Å². The zero-order chi connectivity index (χ0) is 67.1. The smallest absolute Gasteiger partial charge is 0.263 e. The van der Waals surface area contributed by atoms with Crippen LogP contribution in [-0.2, 0) is 58.7 Å². The van der Waals surface area contributed by atoms with Crippen LogP contribution in [0.4, 0.5) is 0 Å². The SMILES string of the molecule is C.C=C(NCc1cccnc1)/C(=C/c1ccc(-c2ccc(Cl)cc2)o1)S(=O)(=O)c1ccccc1.Cc1ccc(/C=C(\C(=O)NCc2cccnc2)S(=O)(=O)c2ccccc2)cc1.O=C(NCc1cccnc1)/C(=C\c1cccc(Oc2ccccc2)c1)S(=O)(=O)c1ccccc1. The number of sulfone groups is 3. The fourth-order valence-corrected chi connectivity index (χ4v) is 13.3. The van der Waals surface area contributed by atoms with E-state index in [9.17, 15) is 34.8 Å². The normalized spacial score (nSPS) is 11.6. The van der Waals surface area contributed by atoms with Crippen LogP contribution in [0.1, 0.15) is 46.6 Å². The number of furan rings is 1. The van der Waals surface area contributed by atoms with Gasteiger partial charge in [0.05, 0.1) is 19.6 Å². The van der Waals surface area contributed by atoms with Gasteiger partial charge in [-0.1, -0.05) is 159 Å². The molecular weight excluding hydrogens is 1290 g/mol. The molecule has 0 saturated heterocycles. The second kappa shape index (κ2) is 34.2. The van der Waals surface area contributed by atoms with E-state index in [1.807, 2.05) is 79.7 Å². The van der Waals surface area contributed by atoms with Gasteiger partial charge in [0.15, 0.2) is 0 Å². The van der Waals surface area contributed by atoms with Crippen molar-refractivity contribution in [3.63, 3.8) is 0 Å². The summed E-state index contributed by atoms with van der Waals surface area (Å²) in [6, 6.07) is 69.0. The third kappa shape index (κ3) is 20.0. The lowest BCUT2D eigenvalue weighted by atomic mass is 10.1. The largest absolute Gasteiger partial charge is 0.457 e. The Morgan fingerprint density at radius 1 is 0.458 bits per heavy atom. The minimum absolute atomic E-state index is 0. The molecule has 0 atom stereocenters. The quantitative estimate of drug-likeness (QED) is 0.0423. The van der Waals surface area contributed by atoms with Crippen LogP contribution >= 0.6 is 11.6 Å². The number of carbonyl (C=O) groups is 2. The first-order valence-corrected chi connectivity index (χ1v) is 34.2. The van der Waals surface area contributed by atoms with Gasteiger partial charge in [-0.2, -0.15) is 0 Å². The molecule has 20 heteroatoms. The molecule has 0 aliphatic carbocycles.